The summed E-state index contributed by atoms with van der Waals surface area (Å²) in [6, 6.07) is -0.344. The smallest absolute Gasteiger partial charge is 0.324 e. The summed E-state index contributed by atoms with van der Waals surface area (Å²) in [4.78, 5) is 24.2. The highest BCUT2D eigenvalue weighted by atomic mass is 79.9. The van der Waals surface area contributed by atoms with Crippen LogP contribution in [0.4, 0.5) is 4.79 Å². The van der Waals surface area contributed by atoms with Gasteiger partial charge in [0.05, 0.1) is 29.0 Å². The number of imide groups is 1. The van der Waals surface area contributed by atoms with Crippen molar-refractivity contribution in [2.24, 2.45) is 0 Å². The van der Waals surface area contributed by atoms with E-state index in [2.05, 4.69) is 26.3 Å². The van der Waals surface area contributed by atoms with Gasteiger partial charge in [-0.3, -0.25) is 14.4 Å². The van der Waals surface area contributed by atoms with Crippen LogP contribution in [0.1, 0.15) is 18.3 Å². The molecule has 92 valence electrons. The van der Waals surface area contributed by atoms with Gasteiger partial charge in [0.15, 0.2) is 0 Å². The van der Waals surface area contributed by atoms with Crippen LogP contribution in [0, 0.1) is 6.92 Å². The van der Waals surface area contributed by atoms with Crippen molar-refractivity contribution in [1.29, 1.82) is 0 Å². The van der Waals surface area contributed by atoms with Crippen molar-refractivity contribution in [2.75, 3.05) is 6.54 Å². The Hall–Kier alpha value is -1.37. The summed E-state index contributed by atoms with van der Waals surface area (Å²) in [6.45, 7) is 4.88. The van der Waals surface area contributed by atoms with Crippen molar-refractivity contribution in [3.63, 3.8) is 0 Å². The molecule has 0 spiro atoms. The molecule has 0 atom stereocenters. The number of hydrogen-bond donors (Lipinski definition) is 1. The largest absolute Gasteiger partial charge is 0.329 e. The highest BCUT2D eigenvalue weighted by Gasteiger charge is 2.30. The number of carbonyl (C=O) groups is 2. The molecule has 0 bridgehead atoms. The minimum atomic E-state index is -0.344. The van der Waals surface area contributed by atoms with Gasteiger partial charge in [0, 0.05) is 6.54 Å². The first kappa shape index (κ1) is 12.1. The van der Waals surface area contributed by atoms with E-state index < -0.39 is 0 Å². The van der Waals surface area contributed by atoms with Gasteiger partial charge in [0.25, 0.3) is 0 Å². The fourth-order valence-corrected chi connectivity index (χ4v) is 2.19. The van der Waals surface area contributed by atoms with Crippen LogP contribution in [0.3, 0.4) is 0 Å². The van der Waals surface area contributed by atoms with Gasteiger partial charge in [-0.25, -0.2) is 4.79 Å². The summed E-state index contributed by atoms with van der Waals surface area (Å²) in [5.41, 5.74) is 1.70. The van der Waals surface area contributed by atoms with Crippen molar-refractivity contribution in [2.45, 2.75) is 26.9 Å². The van der Waals surface area contributed by atoms with Crippen molar-refractivity contribution in [3.05, 3.63) is 15.9 Å². The molecule has 1 N–H and O–H groups in total. The zero-order valence-electron chi connectivity index (χ0n) is 9.66. The van der Waals surface area contributed by atoms with Gasteiger partial charge in [0.2, 0.25) is 5.91 Å². The monoisotopic (exact) mass is 300 g/mol. The van der Waals surface area contributed by atoms with Crippen LogP contribution in [-0.4, -0.2) is 33.2 Å². The molecule has 0 aliphatic carbocycles. The molecule has 3 amide bonds. The molecule has 1 fully saturated rings. The molecule has 6 nitrogen and oxygen atoms in total. The predicted octanol–water partition coefficient (Wildman–Crippen LogP) is 1.03. The first-order chi connectivity index (χ1) is 8.04. The molecule has 7 heteroatoms. The summed E-state index contributed by atoms with van der Waals surface area (Å²) >= 11 is 3.44. The van der Waals surface area contributed by atoms with E-state index in [1.54, 1.807) is 4.68 Å². The lowest BCUT2D eigenvalue weighted by atomic mass is 10.3. The third kappa shape index (κ3) is 2.06. The van der Waals surface area contributed by atoms with Crippen LogP contribution in [-0.2, 0) is 17.9 Å². The van der Waals surface area contributed by atoms with Crippen molar-refractivity contribution < 1.29 is 9.59 Å². The highest BCUT2D eigenvalue weighted by molar-refractivity contribution is 9.10. The third-order valence-electron chi connectivity index (χ3n) is 2.70. The summed E-state index contributed by atoms with van der Waals surface area (Å²) in [5.74, 6) is -0.205. The maximum atomic E-state index is 11.5. The molecular weight excluding hydrogens is 288 g/mol. The standard InChI is InChI=1S/C10H13BrN4O2/c1-3-15-7(9(11)6(2)13-15)5-14-8(16)4-12-10(14)17/h3-5H2,1-2H3,(H,12,17). The Morgan fingerprint density at radius 3 is 2.71 bits per heavy atom. The summed E-state index contributed by atoms with van der Waals surface area (Å²) < 4.78 is 2.64. The van der Waals surface area contributed by atoms with Crippen LogP contribution in [0.25, 0.3) is 0 Å². The lowest BCUT2D eigenvalue weighted by Gasteiger charge is -2.13. The lowest BCUT2D eigenvalue weighted by Crippen LogP contribution is -2.31. The molecule has 17 heavy (non-hydrogen) atoms. The molecule has 1 saturated heterocycles. The Morgan fingerprint density at radius 1 is 1.47 bits per heavy atom. The molecule has 0 unspecified atom stereocenters. The van der Waals surface area contributed by atoms with E-state index in [0.717, 1.165) is 15.9 Å². The van der Waals surface area contributed by atoms with Crippen molar-refractivity contribution in [1.82, 2.24) is 20.0 Å². The number of nitrogens with zero attached hydrogens (tertiary/aromatic N) is 3. The molecule has 1 aliphatic heterocycles. The quantitative estimate of drug-likeness (QED) is 0.848. The molecule has 2 rings (SSSR count). The van der Waals surface area contributed by atoms with Gasteiger partial charge in [-0.15, -0.1) is 0 Å². The number of aryl methyl sites for hydroxylation is 2. The van der Waals surface area contributed by atoms with E-state index in [0.29, 0.717) is 6.54 Å². The van der Waals surface area contributed by atoms with Gasteiger partial charge in [0.1, 0.15) is 0 Å². The first-order valence-electron chi connectivity index (χ1n) is 5.34. The molecule has 1 aliphatic rings. The zero-order chi connectivity index (χ0) is 12.6. The molecule has 2 heterocycles. The minimum Gasteiger partial charge on any atom is -0.329 e. The first-order valence-corrected chi connectivity index (χ1v) is 6.13. The Bertz CT molecular complexity index is 467. The van der Waals surface area contributed by atoms with Gasteiger partial charge >= 0.3 is 6.03 Å². The van der Waals surface area contributed by atoms with Crippen molar-refractivity contribution in [3.8, 4) is 0 Å². The maximum absolute atomic E-state index is 11.5. The predicted molar refractivity (Wildman–Crippen MR) is 64.3 cm³/mol. The molecule has 0 aromatic carbocycles. The number of amides is 3. The summed E-state index contributed by atoms with van der Waals surface area (Å²) in [7, 11) is 0. The van der Waals surface area contributed by atoms with Crippen LogP contribution in [0.2, 0.25) is 0 Å². The fourth-order valence-electron chi connectivity index (χ4n) is 1.79. The second kappa shape index (κ2) is 4.48. The van der Waals surface area contributed by atoms with Gasteiger partial charge in [-0.1, -0.05) is 0 Å². The van der Waals surface area contributed by atoms with Crippen LogP contribution < -0.4 is 5.32 Å². The Kier molecular flexibility index (Phi) is 3.19. The van der Waals surface area contributed by atoms with E-state index in [1.165, 1.54) is 4.90 Å². The molecule has 0 radical (unpaired) electrons. The maximum Gasteiger partial charge on any atom is 0.324 e. The molecule has 1 aromatic rings. The topological polar surface area (TPSA) is 67.2 Å². The SMILES string of the molecule is CCn1nc(C)c(Br)c1CN1C(=O)CNC1=O. The molecule has 1 aromatic heterocycles. The summed E-state index contributed by atoms with van der Waals surface area (Å²) in [5, 5.41) is 6.82. The number of urea groups is 1. The van der Waals surface area contributed by atoms with Crippen LogP contribution >= 0.6 is 15.9 Å². The van der Waals surface area contributed by atoms with E-state index in [4.69, 9.17) is 0 Å². The van der Waals surface area contributed by atoms with Crippen LogP contribution in [0.15, 0.2) is 4.47 Å². The van der Waals surface area contributed by atoms with Gasteiger partial charge in [-0.05, 0) is 29.8 Å². The Labute approximate surface area is 107 Å². The van der Waals surface area contributed by atoms with E-state index in [9.17, 15) is 9.59 Å². The molecular formula is C10H13BrN4O2. The van der Waals surface area contributed by atoms with E-state index in [1.807, 2.05) is 13.8 Å². The number of rotatable bonds is 3. The minimum absolute atomic E-state index is 0.0791. The lowest BCUT2D eigenvalue weighted by molar-refractivity contribution is -0.125. The number of carbonyl (C=O) groups excluding carboxylic acids is 2. The third-order valence-corrected chi connectivity index (χ3v) is 3.73. The fraction of sp³-hybridized carbons (Fsp3) is 0.500. The number of halogens is 1. The summed E-state index contributed by atoms with van der Waals surface area (Å²) in [6.07, 6.45) is 0. The van der Waals surface area contributed by atoms with E-state index in [-0.39, 0.29) is 25.0 Å². The van der Waals surface area contributed by atoms with Gasteiger partial charge in [-0.2, -0.15) is 5.10 Å². The Balaban J connectivity index is 2.29. The van der Waals surface area contributed by atoms with E-state index >= 15 is 0 Å². The number of nitrogens with one attached hydrogen (secondary N) is 1. The normalized spacial score (nSPS) is 15.6. The van der Waals surface area contributed by atoms with Crippen LogP contribution in [0.5, 0.6) is 0 Å². The Morgan fingerprint density at radius 2 is 2.18 bits per heavy atom. The average molecular weight is 301 g/mol. The second-order valence-electron chi connectivity index (χ2n) is 3.80. The number of aromatic nitrogens is 2. The average Bonchev–Trinajstić information content (AvgIpc) is 2.76. The zero-order valence-corrected chi connectivity index (χ0v) is 11.2. The van der Waals surface area contributed by atoms with Crippen molar-refractivity contribution >= 4 is 27.9 Å². The second-order valence-corrected chi connectivity index (χ2v) is 4.59. The van der Waals surface area contributed by atoms with Gasteiger partial charge < -0.3 is 5.32 Å². The highest BCUT2D eigenvalue weighted by Crippen LogP contribution is 2.23. The number of hydrogen-bond acceptors (Lipinski definition) is 3. The molecule has 0 saturated carbocycles.